The van der Waals surface area contributed by atoms with E-state index in [0.29, 0.717) is 33.7 Å². The fraction of sp³-hybridized carbons (Fsp3) is 0.130. The highest BCUT2D eigenvalue weighted by molar-refractivity contribution is 7.14. The number of nitrogens with one attached hydrogen (secondary N) is 1. The van der Waals surface area contributed by atoms with E-state index in [2.05, 4.69) is 10.3 Å². The number of rotatable bonds is 7. The number of hydrogen-bond acceptors (Lipinski definition) is 7. The molecule has 0 saturated heterocycles. The zero-order chi connectivity index (χ0) is 23.1. The van der Waals surface area contributed by atoms with Gasteiger partial charge >= 0.3 is 0 Å². The highest BCUT2D eigenvalue weighted by Gasteiger charge is 2.19. The molecule has 0 atom stereocenters. The number of nitriles is 1. The van der Waals surface area contributed by atoms with Crippen LogP contribution in [0.5, 0.6) is 11.5 Å². The third-order valence-electron chi connectivity index (χ3n) is 4.36. The number of nitrogens with zero attached hydrogens (tertiary/aromatic N) is 3. The van der Waals surface area contributed by atoms with Crippen molar-refractivity contribution in [1.29, 1.82) is 5.26 Å². The first-order valence-corrected chi connectivity index (χ1v) is 10.3. The van der Waals surface area contributed by atoms with Crippen LogP contribution >= 0.6 is 11.3 Å². The molecule has 1 aromatic heterocycles. The van der Waals surface area contributed by atoms with Gasteiger partial charge in [0, 0.05) is 12.3 Å². The SMILES string of the molecule is COc1ccc(N(C(C)=O)c2nc(/C=C(\C#N)C(=O)Nc3ccccc3OC)cs2)cc1. The summed E-state index contributed by atoms with van der Waals surface area (Å²) in [7, 11) is 3.06. The molecule has 9 heteroatoms. The predicted molar refractivity (Wildman–Crippen MR) is 123 cm³/mol. The molecule has 0 aliphatic carbocycles. The molecule has 0 fully saturated rings. The first kappa shape index (κ1) is 22.5. The third-order valence-corrected chi connectivity index (χ3v) is 5.20. The molecule has 1 N–H and O–H groups in total. The van der Waals surface area contributed by atoms with Crippen LogP contribution < -0.4 is 19.7 Å². The van der Waals surface area contributed by atoms with Crippen molar-refractivity contribution >= 4 is 45.7 Å². The van der Waals surface area contributed by atoms with Gasteiger partial charge in [-0.05, 0) is 42.5 Å². The molecule has 0 unspecified atom stereocenters. The largest absolute Gasteiger partial charge is 0.497 e. The summed E-state index contributed by atoms with van der Waals surface area (Å²) in [6, 6.07) is 15.8. The Hall–Kier alpha value is -4.16. The van der Waals surface area contributed by atoms with E-state index < -0.39 is 5.91 Å². The minimum Gasteiger partial charge on any atom is -0.497 e. The highest BCUT2D eigenvalue weighted by atomic mass is 32.1. The summed E-state index contributed by atoms with van der Waals surface area (Å²) in [6.07, 6.45) is 1.37. The van der Waals surface area contributed by atoms with E-state index in [9.17, 15) is 14.9 Å². The Kier molecular flexibility index (Phi) is 7.21. The molecule has 162 valence electrons. The van der Waals surface area contributed by atoms with Gasteiger partial charge in [0.05, 0.1) is 31.3 Å². The number of carbonyl (C=O) groups is 2. The second-order valence-electron chi connectivity index (χ2n) is 6.43. The van der Waals surface area contributed by atoms with Gasteiger partial charge in [0.25, 0.3) is 5.91 Å². The van der Waals surface area contributed by atoms with E-state index >= 15 is 0 Å². The number of methoxy groups -OCH3 is 2. The highest BCUT2D eigenvalue weighted by Crippen LogP contribution is 2.31. The number of thiazole rings is 1. The lowest BCUT2D eigenvalue weighted by molar-refractivity contribution is -0.116. The topological polar surface area (TPSA) is 105 Å². The number of para-hydroxylation sites is 2. The summed E-state index contributed by atoms with van der Waals surface area (Å²) in [4.78, 5) is 30.7. The molecule has 0 radical (unpaired) electrons. The Morgan fingerprint density at radius 3 is 2.47 bits per heavy atom. The van der Waals surface area contributed by atoms with E-state index in [0.717, 1.165) is 0 Å². The number of ether oxygens (including phenoxy) is 2. The van der Waals surface area contributed by atoms with Gasteiger partial charge in [0.1, 0.15) is 23.1 Å². The van der Waals surface area contributed by atoms with Crippen molar-refractivity contribution in [2.75, 3.05) is 24.4 Å². The standard InChI is InChI=1S/C23H20N4O4S/c1-15(28)27(18-8-10-19(30-2)11-9-18)23-25-17(14-32-23)12-16(13-24)22(29)26-20-6-4-5-7-21(20)31-3/h4-12,14H,1-3H3,(H,26,29)/b16-12+. The molecule has 32 heavy (non-hydrogen) atoms. The van der Waals surface area contributed by atoms with E-state index in [1.807, 2.05) is 6.07 Å². The van der Waals surface area contributed by atoms with Crippen LogP contribution in [0.4, 0.5) is 16.5 Å². The molecule has 0 aliphatic rings. The normalized spacial score (nSPS) is 10.8. The Bertz CT molecular complexity index is 1200. The number of aromatic nitrogens is 1. The van der Waals surface area contributed by atoms with E-state index in [4.69, 9.17) is 9.47 Å². The van der Waals surface area contributed by atoms with Crippen LogP contribution in [0.2, 0.25) is 0 Å². The van der Waals surface area contributed by atoms with Crippen molar-refractivity contribution in [2.45, 2.75) is 6.92 Å². The van der Waals surface area contributed by atoms with Gasteiger partial charge in [-0.2, -0.15) is 5.26 Å². The van der Waals surface area contributed by atoms with Crippen LogP contribution in [0, 0.1) is 11.3 Å². The Balaban J connectivity index is 1.85. The summed E-state index contributed by atoms with van der Waals surface area (Å²) >= 11 is 1.22. The van der Waals surface area contributed by atoms with Crippen LogP contribution in [-0.2, 0) is 9.59 Å². The lowest BCUT2D eigenvalue weighted by atomic mass is 10.2. The summed E-state index contributed by atoms with van der Waals surface area (Å²) in [5, 5.41) is 14.2. The van der Waals surface area contributed by atoms with Gasteiger partial charge in [-0.3, -0.25) is 14.5 Å². The van der Waals surface area contributed by atoms with Crippen molar-refractivity contribution in [3.8, 4) is 17.6 Å². The molecule has 0 spiro atoms. The van der Waals surface area contributed by atoms with Crippen molar-refractivity contribution in [1.82, 2.24) is 4.98 Å². The minimum atomic E-state index is -0.592. The second kappa shape index (κ2) is 10.2. The van der Waals surface area contributed by atoms with Crippen LogP contribution in [0.15, 0.2) is 59.5 Å². The lowest BCUT2D eigenvalue weighted by Gasteiger charge is -2.18. The third kappa shape index (κ3) is 5.11. The first-order chi connectivity index (χ1) is 15.5. The maximum absolute atomic E-state index is 12.6. The van der Waals surface area contributed by atoms with Gasteiger partial charge in [-0.25, -0.2) is 4.98 Å². The number of amides is 2. The molecule has 8 nitrogen and oxygen atoms in total. The molecular weight excluding hydrogens is 428 g/mol. The lowest BCUT2D eigenvalue weighted by Crippen LogP contribution is -2.22. The molecule has 2 aromatic carbocycles. The fourth-order valence-corrected chi connectivity index (χ4v) is 3.68. The number of benzene rings is 2. The average Bonchev–Trinajstić information content (AvgIpc) is 3.26. The zero-order valence-electron chi connectivity index (χ0n) is 17.7. The van der Waals surface area contributed by atoms with Crippen molar-refractivity contribution in [3.05, 3.63) is 65.2 Å². The van der Waals surface area contributed by atoms with Crippen molar-refractivity contribution in [2.24, 2.45) is 0 Å². The van der Waals surface area contributed by atoms with Crippen LogP contribution in [0.1, 0.15) is 12.6 Å². The first-order valence-electron chi connectivity index (χ1n) is 9.43. The predicted octanol–water partition coefficient (Wildman–Crippen LogP) is 4.39. The maximum atomic E-state index is 12.6. The number of carbonyl (C=O) groups excluding carboxylic acids is 2. The maximum Gasteiger partial charge on any atom is 0.266 e. The van der Waals surface area contributed by atoms with Gasteiger partial charge in [-0.15, -0.1) is 11.3 Å². The van der Waals surface area contributed by atoms with E-state index in [1.165, 1.54) is 36.3 Å². The number of hydrogen-bond donors (Lipinski definition) is 1. The number of anilines is 3. The molecule has 3 rings (SSSR count). The molecule has 1 heterocycles. The molecule has 2 amide bonds. The summed E-state index contributed by atoms with van der Waals surface area (Å²) in [6.45, 7) is 1.43. The average molecular weight is 449 g/mol. The summed E-state index contributed by atoms with van der Waals surface area (Å²) < 4.78 is 10.4. The van der Waals surface area contributed by atoms with Crippen LogP contribution in [0.3, 0.4) is 0 Å². The molecule has 3 aromatic rings. The Labute approximate surface area is 189 Å². The molecule has 0 bridgehead atoms. The van der Waals surface area contributed by atoms with Crippen molar-refractivity contribution in [3.63, 3.8) is 0 Å². The van der Waals surface area contributed by atoms with Crippen molar-refractivity contribution < 1.29 is 19.1 Å². The Morgan fingerprint density at radius 2 is 1.84 bits per heavy atom. The summed E-state index contributed by atoms with van der Waals surface area (Å²) in [5.41, 5.74) is 1.32. The minimum absolute atomic E-state index is 0.133. The van der Waals surface area contributed by atoms with E-state index in [1.54, 1.807) is 61.0 Å². The smallest absolute Gasteiger partial charge is 0.266 e. The van der Waals surface area contributed by atoms with Gasteiger partial charge in [-0.1, -0.05) is 12.1 Å². The van der Waals surface area contributed by atoms with Crippen LogP contribution in [0.25, 0.3) is 6.08 Å². The Morgan fingerprint density at radius 1 is 1.12 bits per heavy atom. The van der Waals surface area contributed by atoms with Gasteiger partial charge in [0.2, 0.25) is 5.91 Å². The zero-order valence-corrected chi connectivity index (χ0v) is 18.5. The second-order valence-corrected chi connectivity index (χ2v) is 7.27. The molecule has 0 aliphatic heterocycles. The monoisotopic (exact) mass is 448 g/mol. The van der Waals surface area contributed by atoms with Gasteiger partial charge < -0.3 is 14.8 Å². The fourth-order valence-electron chi connectivity index (χ4n) is 2.84. The van der Waals surface area contributed by atoms with E-state index in [-0.39, 0.29) is 11.5 Å². The summed E-state index contributed by atoms with van der Waals surface area (Å²) in [5.74, 6) is 0.324. The van der Waals surface area contributed by atoms with Gasteiger partial charge in [0.15, 0.2) is 5.13 Å². The van der Waals surface area contributed by atoms with Crippen LogP contribution in [-0.4, -0.2) is 31.0 Å². The molecular formula is C23H20N4O4S. The quantitative estimate of drug-likeness (QED) is 0.425. The molecule has 0 saturated carbocycles.